The van der Waals surface area contributed by atoms with Gasteiger partial charge in [-0.1, -0.05) is 16.6 Å². The highest BCUT2D eigenvalue weighted by atomic mass is 32.2. The summed E-state index contributed by atoms with van der Waals surface area (Å²) in [5.74, 6) is 0.551. The predicted octanol–water partition coefficient (Wildman–Crippen LogP) is 2.89. The molecule has 124 valence electrons. The van der Waals surface area contributed by atoms with E-state index in [-0.39, 0.29) is 17.6 Å². The first kappa shape index (κ1) is 15.5. The van der Waals surface area contributed by atoms with Crippen LogP contribution in [-0.4, -0.2) is 28.6 Å². The second-order valence-corrected chi connectivity index (χ2v) is 7.81. The maximum Gasteiger partial charge on any atom is 0.222 e. The number of benzene rings is 1. The first-order chi connectivity index (χ1) is 11.6. The van der Waals surface area contributed by atoms with Gasteiger partial charge in [0, 0.05) is 6.04 Å². The Balaban J connectivity index is 1.69. The Morgan fingerprint density at radius 3 is 2.83 bits per heavy atom. The van der Waals surface area contributed by atoms with Gasteiger partial charge in [0.15, 0.2) is 5.82 Å². The lowest BCUT2D eigenvalue weighted by Gasteiger charge is -2.08. The molecule has 9 heteroatoms. The molecule has 1 aliphatic carbocycles. The van der Waals surface area contributed by atoms with Crippen molar-refractivity contribution in [3.05, 3.63) is 41.3 Å². The standard InChI is InChI=1S/C15H14FN5OS2/c1-9-13(23-20-17-9)14-18-19-15(21(14)12-5-6-12)24(22)8-10-3-2-4-11(16)7-10/h2-4,7,12H,5-6,8H2,1H3. The van der Waals surface area contributed by atoms with Gasteiger partial charge in [0.2, 0.25) is 5.16 Å². The van der Waals surface area contributed by atoms with Crippen LogP contribution in [0.5, 0.6) is 0 Å². The molecule has 1 aliphatic rings. The van der Waals surface area contributed by atoms with Gasteiger partial charge in [-0.15, -0.1) is 15.3 Å². The van der Waals surface area contributed by atoms with Crippen molar-refractivity contribution in [1.29, 1.82) is 0 Å². The average Bonchev–Trinajstić information content (AvgIpc) is 3.15. The van der Waals surface area contributed by atoms with Crippen molar-refractivity contribution in [3.8, 4) is 10.7 Å². The van der Waals surface area contributed by atoms with Crippen LogP contribution >= 0.6 is 11.5 Å². The van der Waals surface area contributed by atoms with Crippen LogP contribution < -0.4 is 0 Å². The summed E-state index contributed by atoms with van der Waals surface area (Å²) in [5.41, 5.74) is 1.47. The molecule has 24 heavy (non-hydrogen) atoms. The molecule has 1 saturated carbocycles. The van der Waals surface area contributed by atoms with Crippen LogP contribution in [0.3, 0.4) is 0 Å². The van der Waals surface area contributed by atoms with Crippen molar-refractivity contribution in [2.24, 2.45) is 0 Å². The zero-order valence-corrected chi connectivity index (χ0v) is 14.5. The molecule has 1 aromatic carbocycles. The maximum absolute atomic E-state index is 13.3. The molecule has 2 aromatic heterocycles. The summed E-state index contributed by atoms with van der Waals surface area (Å²) >= 11 is 1.26. The Morgan fingerprint density at radius 2 is 2.17 bits per heavy atom. The van der Waals surface area contributed by atoms with E-state index in [9.17, 15) is 8.60 Å². The van der Waals surface area contributed by atoms with Gasteiger partial charge in [0.25, 0.3) is 0 Å². The van der Waals surface area contributed by atoms with Crippen molar-refractivity contribution in [2.75, 3.05) is 0 Å². The van der Waals surface area contributed by atoms with Crippen LogP contribution in [0.1, 0.15) is 30.1 Å². The second kappa shape index (κ2) is 6.14. The van der Waals surface area contributed by atoms with E-state index in [1.165, 1.54) is 23.7 Å². The highest BCUT2D eigenvalue weighted by Crippen LogP contribution is 2.40. The topological polar surface area (TPSA) is 73.6 Å². The van der Waals surface area contributed by atoms with E-state index in [1.54, 1.807) is 12.1 Å². The molecule has 0 spiro atoms. The first-order valence-electron chi connectivity index (χ1n) is 7.50. The molecule has 0 N–H and O–H groups in total. The van der Waals surface area contributed by atoms with E-state index in [1.807, 2.05) is 11.5 Å². The minimum Gasteiger partial charge on any atom is -0.296 e. The van der Waals surface area contributed by atoms with E-state index in [2.05, 4.69) is 19.8 Å². The Kier molecular flexibility index (Phi) is 3.97. The zero-order chi connectivity index (χ0) is 16.7. The Hall–Kier alpha value is -2.00. The smallest absolute Gasteiger partial charge is 0.222 e. The molecule has 4 rings (SSSR count). The molecular formula is C15H14FN5OS2. The Morgan fingerprint density at radius 1 is 1.33 bits per heavy atom. The molecule has 2 heterocycles. The van der Waals surface area contributed by atoms with Gasteiger partial charge in [-0.05, 0) is 49.0 Å². The van der Waals surface area contributed by atoms with Crippen molar-refractivity contribution in [2.45, 2.75) is 36.7 Å². The molecule has 1 unspecified atom stereocenters. The normalized spacial score (nSPS) is 15.6. The Bertz CT molecular complexity index is 918. The van der Waals surface area contributed by atoms with Crippen molar-refractivity contribution < 1.29 is 8.60 Å². The van der Waals surface area contributed by atoms with E-state index >= 15 is 0 Å². The molecular weight excluding hydrogens is 349 g/mol. The van der Waals surface area contributed by atoms with Crippen LogP contribution in [0.2, 0.25) is 0 Å². The summed E-state index contributed by atoms with van der Waals surface area (Å²) in [4.78, 5) is 0.850. The Labute approximate surface area is 144 Å². The van der Waals surface area contributed by atoms with Crippen LogP contribution in [0.25, 0.3) is 10.7 Å². The first-order valence-corrected chi connectivity index (χ1v) is 9.60. The van der Waals surface area contributed by atoms with Crippen LogP contribution in [-0.2, 0) is 16.6 Å². The summed E-state index contributed by atoms with van der Waals surface area (Å²) in [6, 6.07) is 6.41. The van der Waals surface area contributed by atoms with Crippen molar-refractivity contribution in [1.82, 2.24) is 24.4 Å². The average molecular weight is 363 g/mol. The van der Waals surface area contributed by atoms with Crippen LogP contribution in [0.15, 0.2) is 29.4 Å². The lowest BCUT2D eigenvalue weighted by Crippen LogP contribution is -2.07. The van der Waals surface area contributed by atoms with Crippen molar-refractivity contribution in [3.63, 3.8) is 0 Å². The van der Waals surface area contributed by atoms with Gasteiger partial charge >= 0.3 is 0 Å². The van der Waals surface area contributed by atoms with Crippen LogP contribution in [0, 0.1) is 12.7 Å². The summed E-state index contributed by atoms with van der Waals surface area (Å²) in [5, 5.41) is 12.9. The van der Waals surface area contributed by atoms with Gasteiger partial charge in [-0.2, -0.15) is 0 Å². The van der Waals surface area contributed by atoms with E-state index in [0.717, 1.165) is 23.4 Å². The molecule has 0 radical (unpaired) electrons. The predicted molar refractivity (Wildman–Crippen MR) is 88.4 cm³/mol. The summed E-state index contributed by atoms with van der Waals surface area (Å²) < 4.78 is 32.0. The molecule has 3 aromatic rings. The number of aromatic nitrogens is 5. The van der Waals surface area contributed by atoms with E-state index < -0.39 is 10.8 Å². The third-order valence-corrected chi connectivity index (χ3v) is 5.93. The minimum atomic E-state index is -1.40. The zero-order valence-electron chi connectivity index (χ0n) is 12.8. The fourth-order valence-corrected chi connectivity index (χ4v) is 4.37. The maximum atomic E-state index is 13.3. The second-order valence-electron chi connectivity index (χ2n) is 5.71. The highest BCUT2D eigenvalue weighted by Gasteiger charge is 2.33. The number of hydrogen-bond donors (Lipinski definition) is 0. The lowest BCUT2D eigenvalue weighted by molar-refractivity contribution is 0.624. The summed E-state index contributed by atoms with van der Waals surface area (Å²) in [6.45, 7) is 1.87. The molecule has 0 bridgehead atoms. The molecule has 6 nitrogen and oxygen atoms in total. The third-order valence-electron chi connectivity index (χ3n) is 3.82. The molecule has 0 saturated heterocycles. The molecule has 0 amide bonds. The number of rotatable bonds is 5. The van der Waals surface area contributed by atoms with Gasteiger partial charge in [-0.25, -0.2) is 4.39 Å². The van der Waals surface area contributed by atoms with E-state index in [4.69, 9.17) is 0 Å². The van der Waals surface area contributed by atoms with Gasteiger partial charge in [-0.3, -0.25) is 8.78 Å². The van der Waals surface area contributed by atoms with E-state index in [0.29, 0.717) is 16.5 Å². The monoisotopic (exact) mass is 363 g/mol. The third kappa shape index (κ3) is 2.89. The number of nitrogens with zero attached hydrogens (tertiary/aromatic N) is 5. The SMILES string of the molecule is Cc1nnsc1-c1nnc(S(=O)Cc2cccc(F)c2)n1C1CC1. The number of aryl methyl sites for hydroxylation is 1. The molecule has 1 fully saturated rings. The quantitative estimate of drug-likeness (QED) is 0.697. The lowest BCUT2D eigenvalue weighted by atomic mass is 10.2. The summed E-state index contributed by atoms with van der Waals surface area (Å²) in [6.07, 6.45) is 2.03. The van der Waals surface area contributed by atoms with Gasteiger partial charge in [0.05, 0.1) is 22.2 Å². The largest absolute Gasteiger partial charge is 0.296 e. The van der Waals surface area contributed by atoms with Gasteiger partial charge in [0.1, 0.15) is 10.7 Å². The van der Waals surface area contributed by atoms with Gasteiger partial charge < -0.3 is 0 Å². The van der Waals surface area contributed by atoms with Crippen molar-refractivity contribution >= 4 is 22.3 Å². The molecule has 1 atom stereocenters. The summed E-state index contributed by atoms with van der Waals surface area (Å²) in [7, 11) is -1.40. The van der Waals surface area contributed by atoms with Crippen LogP contribution in [0.4, 0.5) is 4.39 Å². The fourth-order valence-electron chi connectivity index (χ4n) is 2.53. The number of halogens is 1. The number of hydrogen-bond acceptors (Lipinski definition) is 6. The minimum absolute atomic E-state index is 0.211. The highest BCUT2D eigenvalue weighted by molar-refractivity contribution is 7.84. The molecule has 0 aliphatic heterocycles. The fraction of sp³-hybridized carbons (Fsp3) is 0.333.